The number of carbonyl (C=O) groups excluding carboxylic acids is 1. The van der Waals surface area contributed by atoms with Crippen molar-refractivity contribution in [2.45, 2.75) is 45.7 Å². The van der Waals surface area contributed by atoms with Crippen LogP contribution in [0.15, 0.2) is 53.9 Å². The molecule has 1 heterocycles. The molecule has 0 saturated heterocycles. The first kappa shape index (κ1) is 23.9. The predicted molar refractivity (Wildman–Crippen MR) is 126 cm³/mol. The number of nitrogens with one attached hydrogen (secondary N) is 2. The summed E-state index contributed by atoms with van der Waals surface area (Å²) < 4.78 is 32.5. The minimum absolute atomic E-state index is 0.0823. The van der Waals surface area contributed by atoms with Crippen molar-refractivity contribution in [3.8, 4) is 5.75 Å². The van der Waals surface area contributed by atoms with E-state index in [1.165, 1.54) is 0 Å². The molecular formula is C23H27N3O4S2. The van der Waals surface area contributed by atoms with Crippen molar-refractivity contribution < 1.29 is 17.9 Å². The number of thiazole rings is 1. The number of benzene rings is 2. The Balaban J connectivity index is 1.57. The van der Waals surface area contributed by atoms with Gasteiger partial charge in [0.1, 0.15) is 12.4 Å². The van der Waals surface area contributed by atoms with Gasteiger partial charge in [0, 0.05) is 18.0 Å². The molecule has 0 aliphatic rings. The second-order valence-electron chi connectivity index (χ2n) is 7.67. The van der Waals surface area contributed by atoms with E-state index < -0.39 is 10.0 Å². The van der Waals surface area contributed by atoms with Crippen LogP contribution in [-0.4, -0.2) is 25.4 Å². The maximum absolute atomic E-state index is 12.7. The molecule has 0 saturated carbocycles. The molecule has 170 valence electrons. The number of ether oxygens (including phenoxy) is 1. The minimum Gasteiger partial charge on any atom is -0.486 e. The number of rotatable bonds is 10. The highest BCUT2D eigenvalue weighted by Gasteiger charge is 2.14. The maximum Gasteiger partial charge on any atom is 0.255 e. The van der Waals surface area contributed by atoms with Gasteiger partial charge in [-0.05, 0) is 44.0 Å². The molecule has 0 spiro atoms. The summed E-state index contributed by atoms with van der Waals surface area (Å²) in [6.45, 7) is 6.11. The first-order chi connectivity index (χ1) is 15.2. The number of aryl methyl sites for hydroxylation is 1. The third-order valence-corrected chi connectivity index (χ3v) is 6.79. The van der Waals surface area contributed by atoms with Crippen molar-refractivity contribution in [3.05, 3.63) is 81.3 Å². The smallest absolute Gasteiger partial charge is 0.255 e. The van der Waals surface area contributed by atoms with Crippen LogP contribution < -0.4 is 14.8 Å². The van der Waals surface area contributed by atoms with E-state index in [9.17, 15) is 13.2 Å². The van der Waals surface area contributed by atoms with Crippen LogP contribution in [0.5, 0.6) is 5.75 Å². The van der Waals surface area contributed by atoms with Crippen molar-refractivity contribution >= 4 is 27.3 Å². The fourth-order valence-electron chi connectivity index (χ4n) is 3.06. The molecule has 9 heteroatoms. The lowest BCUT2D eigenvalue weighted by Crippen LogP contribution is -2.31. The average molecular weight is 474 g/mol. The molecule has 32 heavy (non-hydrogen) atoms. The van der Waals surface area contributed by atoms with Gasteiger partial charge in [-0.25, -0.2) is 18.1 Å². The number of para-hydroxylation sites is 1. The van der Waals surface area contributed by atoms with Gasteiger partial charge < -0.3 is 10.1 Å². The SMILES string of the molecule is Cc1nc(COc2ccccc2C(=O)NCc2ccc(CS(=O)(=O)NC(C)C)cc2)cs1. The second kappa shape index (κ2) is 10.7. The second-order valence-corrected chi connectivity index (χ2v) is 10.5. The highest BCUT2D eigenvalue weighted by Crippen LogP contribution is 2.20. The van der Waals surface area contributed by atoms with Crippen molar-refractivity contribution in [1.82, 2.24) is 15.0 Å². The van der Waals surface area contributed by atoms with Crippen LogP contribution in [-0.2, 0) is 28.9 Å². The Morgan fingerprint density at radius 3 is 2.44 bits per heavy atom. The molecule has 1 amide bonds. The summed E-state index contributed by atoms with van der Waals surface area (Å²) in [7, 11) is -3.38. The summed E-state index contributed by atoms with van der Waals surface area (Å²) >= 11 is 1.55. The molecule has 0 unspecified atom stereocenters. The van der Waals surface area contributed by atoms with Crippen molar-refractivity contribution in [2.24, 2.45) is 0 Å². The van der Waals surface area contributed by atoms with E-state index >= 15 is 0 Å². The third-order valence-electron chi connectivity index (χ3n) is 4.42. The van der Waals surface area contributed by atoms with Crippen molar-refractivity contribution in [1.29, 1.82) is 0 Å². The minimum atomic E-state index is -3.38. The molecule has 3 aromatic rings. The lowest BCUT2D eigenvalue weighted by Gasteiger charge is -2.12. The van der Waals surface area contributed by atoms with E-state index in [1.54, 1.807) is 55.5 Å². The molecule has 0 aliphatic carbocycles. The number of hydrogen-bond donors (Lipinski definition) is 2. The van der Waals surface area contributed by atoms with Gasteiger partial charge in [-0.15, -0.1) is 11.3 Å². The van der Waals surface area contributed by atoms with Gasteiger partial charge in [-0.1, -0.05) is 36.4 Å². The van der Waals surface area contributed by atoms with Gasteiger partial charge >= 0.3 is 0 Å². The molecule has 0 radical (unpaired) electrons. The Hall–Kier alpha value is -2.75. The maximum atomic E-state index is 12.7. The summed E-state index contributed by atoms with van der Waals surface area (Å²) in [6, 6.07) is 14.1. The van der Waals surface area contributed by atoms with Gasteiger partial charge in [-0.2, -0.15) is 0 Å². The number of carbonyl (C=O) groups is 1. The fraction of sp³-hybridized carbons (Fsp3) is 0.304. The normalized spacial score (nSPS) is 11.5. The fourth-order valence-corrected chi connectivity index (χ4v) is 5.09. The number of hydrogen-bond acceptors (Lipinski definition) is 6. The zero-order valence-electron chi connectivity index (χ0n) is 18.3. The molecule has 0 fully saturated rings. The standard InChI is InChI=1S/C23H27N3O4S2/c1-16(2)26-32(28,29)15-19-10-8-18(9-11-19)12-24-23(27)21-6-4-5-7-22(21)30-13-20-14-31-17(3)25-20/h4-11,14,16,26H,12-13,15H2,1-3H3,(H,24,27). The highest BCUT2D eigenvalue weighted by atomic mass is 32.2. The van der Waals surface area contributed by atoms with E-state index in [-0.39, 0.29) is 17.7 Å². The Bertz CT molecular complexity index is 1160. The number of sulfonamides is 1. The van der Waals surface area contributed by atoms with E-state index in [1.807, 2.05) is 30.5 Å². The van der Waals surface area contributed by atoms with Crippen LogP contribution in [0.1, 0.15) is 46.0 Å². The zero-order valence-corrected chi connectivity index (χ0v) is 19.9. The number of nitrogens with zero attached hydrogens (tertiary/aromatic N) is 1. The molecule has 0 bridgehead atoms. The summed E-state index contributed by atoms with van der Waals surface area (Å²) in [5.41, 5.74) is 2.83. The van der Waals surface area contributed by atoms with Gasteiger partial charge in [-0.3, -0.25) is 4.79 Å². The molecule has 2 aromatic carbocycles. The Morgan fingerprint density at radius 2 is 1.78 bits per heavy atom. The van der Waals surface area contributed by atoms with Gasteiger partial charge in [0.2, 0.25) is 10.0 Å². The van der Waals surface area contributed by atoms with Gasteiger partial charge in [0.05, 0.1) is 22.0 Å². The summed E-state index contributed by atoms with van der Waals surface area (Å²) in [5.74, 6) is 0.165. The molecule has 0 aliphatic heterocycles. The lowest BCUT2D eigenvalue weighted by molar-refractivity contribution is 0.0946. The van der Waals surface area contributed by atoms with E-state index in [4.69, 9.17) is 4.74 Å². The van der Waals surface area contributed by atoms with Crippen molar-refractivity contribution in [2.75, 3.05) is 0 Å². The van der Waals surface area contributed by atoms with Gasteiger partial charge in [0.15, 0.2) is 0 Å². The van der Waals surface area contributed by atoms with Gasteiger partial charge in [0.25, 0.3) is 5.91 Å². The monoisotopic (exact) mass is 473 g/mol. The van der Waals surface area contributed by atoms with Crippen LogP contribution in [0.4, 0.5) is 0 Å². The van der Waals surface area contributed by atoms with E-state index in [0.29, 0.717) is 30.0 Å². The van der Waals surface area contributed by atoms with Crippen LogP contribution in [0, 0.1) is 6.92 Å². The van der Waals surface area contributed by atoms with Crippen LogP contribution in [0.25, 0.3) is 0 Å². The number of amides is 1. The summed E-state index contributed by atoms with van der Waals surface area (Å²) in [6.07, 6.45) is 0. The molecule has 1 aromatic heterocycles. The molecule has 2 N–H and O–H groups in total. The zero-order chi connectivity index (χ0) is 23.1. The molecular weight excluding hydrogens is 446 g/mol. The first-order valence-corrected chi connectivity index (χ1v) is 12.7. The molecule has 3 rings (SSSR count). The highest BCUT2D eigenvalue weighted by molar-refractivity contribution is 7.88. The topological polar surface area (TPSA) is 97.4 Å². The summed E-state index contributed by atoms with van der Waals surface area (Å²) in [4.78, 5) is 17.1. The van der Waals surface area contributed by atoms with Crippen LogP contribution in [0.3, 0.4) is 0 Å². The predicted octanol–water partition coefficient (Wildman–Crippen LogP) is 3.79. The van der Waals surface area contributed by atoms with Crippen molar-refractivity contribution in [3.63, 3.8) is 0 Å². The lowest BCUT2D eigenvalue weighted by atomic mass is 10.1. The van der Waals surface area contributed by atoms with E-state index in [0.717, 1.165) is 16.3 Å². The Morgan fingerprint density at radius 1 is 1.09 bits per heavy atom. The van der Waals surface area contributed by atoms with E-state index in [2.05, 4.69) is 15.0 Å². The number of aromatic nitrogens is 1. The Labute approximate surface area is 192 Å². The largest absolute Gasteiger partial charge is 0.486 e. The molecule has 0 atom stereocenters. The molecule has 7 nitrogen and oxygen atoms in total. The quantitative estimate of drug-likeness (QED) is 0.467. The average Bonchev–Trinajstić information content (AvgIpc) is 3.15. The van der Waals surface area contributed by atoms with Crippen LogP contribution in [0.2, 0.25) is 0 Å². The van der Waals surface area contributed by atoms with Crippen LogP contribution >= 0.6 is 11.3 Å². The summed E-state index contributed by atoms with van der Waals surface area (Å²) in [5, 5.41) is 5.79. The first-order valence-electron chi connectivity index (χ1n) is 10.2. The third kappa shape index (κ3) is 7.15. The Kier molecular flexibility index (Phi) is 8.00.